The van der Waals surface area contributed by atoms with Crippen molar-refractivity contribution in [3.05, 3.63) is 27.3 Å². The van der Waals surface area contributed by atoms with Gasteiger partial charge in [0, 0.05) is 11.7 Å². The number of carbonyl (C=O) groups excluding carboxylic acids is 1. The van der Waals surface area contributed by atoms with E-state index in [0.29, 0.717) is 6.42 Å². The van der Waals surface area contributed by atoms with Crippen molar-refractivity contribution in [2.45, 2.75) is 38.3 Å². The van der Waals surface area contributed by atoms with Crippen LogP contribution in [0.5, 0.6) is 0 Å². The zero-order valence-electron chi connectivity index (χ0n) is 11.0. The molecule has 0 aromatic heterocycles. The highest BCUT2D eigenvalue weighted by Gasteiger charge is 2.28. The maximum absolute atomic E-state index is 13.4. The van der Waals surface area contributed by atoms with Crippen LogP contribution >= 0.6 is 22.6 Å². The molecule has 1 aliphatic heterocycles. The number of halogens is 3. The zero-order chi connectivity index (χ0) is 14.7. The summed E-state index contributed by atoms with van der Waals surface area (Å²) in [6, 6.07) is 2.10. The van der Waals surface area contributed by atoms with E-state index >= 15 is 0 Å². The molecular weight excluding hydrogens is 379 g/mol. The largest absolute Gasteiger partial charge is 0.324 e. The lowest BCUT2D eigenvalue weighted by Gasteiger charge is -2.11. The van der Waals surface area contributed by atoms with Gasteiger partial charge in [0.1, 0.15) is 17.7 Å². The molecule has 7 heteroatoms. The van der Waals surface area contributed by atoms with Crippen LogP contribution in [0.1, 0.15) is 26.2 Å². The molecular formula is C13H16F2IN3O. The fourth-order valence-corrected chi connectivity index (χ4v) is 2.50. The Morgan fingerprint density at radius 1 is 1.40 bits per heavy atom. The first-order valence-corrected chi connectivity index (χ1v) is 7.55. The predicted molar refractivity (Wildman–Crippen MR) is 81.1 cm³/mol. The van der Waals surface area contributed by atoms with Crippen molar-refractivity contribution in [1.82, 2.24) is 10.9 Å². The molecule has 20 heavy (non-hydrogen) atoms. The summed E-state index contributed by atoms with van der Waals surface area (Å²) in [6.45, 7) is 2.08. The summed E-state index contributed by atoms with van der Waals surface area (Å²) >= 11 is 1.58. The summed E-state index contributed by atoms with van der Waals surface area (Å²) in [5.41, 5.74) is 6.08. The molecule has 1 aromatic carbocycles. The number of carbonyl (C=O) groups is 1. The number of anilines is 1. The van der Waals surface area contributed by atoms with E-state index in [4.69, 9.17) is 0 Å². The minimum Gasteiger partial charge on any atom is -0.324 e. The molecule has 0 bridgehead atoms. The summed E-state index contributed by atoms with van der Waals surface area (Å²) in [6.07, 6.45) is 2.67. The first kappa shape index (κ1) is 15.6. The Morgan fingerprint density at radius 3 is 2.65 bits per heavy atom. The second-order valence-electron chi connectivity index (χ2n) is 4.81. The molecule has 4 nitrogen and oxygen atoms in total. The van der Waals surface area contributed by atoms with Crippen molar-refractivity contribution >= 4 is 34.2 Å². The van der Waals surface area contributed by atoms with E-state index in [1.807, 2.05) is 0 Å². The van der Waals surface area contributed by atoms with Gasteiger partial charge in [-0.05, 0) is 47.6 Å². The summed E-state index contributed by atoms with van der Waals surface area (Å²) in [5.74, 6) is -1.65. The topological polar surface area (TPSA) is 53.2 Å². The first-order chi connectivity index (χ1) is 9.51. The molecule has 0 saturated carbocycles. The lowest BCUT2D eigenvalue weighted by atomic mass is 10.1. The van der Waals surface area contributed by atoms with Gasteiger partial charge < -0.3 is 5.32 Å². The quantitative estimate of drug-likeness (QED) is 0.543. The van der Waals surface area contributed by atoms with Crippen LogP contribution in [0.4, 0.5) is 14.5 Å². The van der Waals surface area contributed by atoms with Crippen LogP contribution < -0.4 is 16.2 Å². The summed E-state index contributed by atoms with van der Waals surface area (Å²) < 4.78 is 26.7. The third-order valence-electron chi connectivity index (χ3n) is 3.19. The minimum atomic E-state index is -0.678. The molecule has 2 unspecified atom stereocenters. The van der Waals surface area contributed by atoms with Crippen molar-refractivity contribution in [1.29, 1.82) is 0 Å². The van der Waals surface area contributed by atoms with Gasteiger partial charge in [0.15, 0.2) is 0 Å². The number of rotatable bonds is 4. The monoisotopic (exact) mass is 395 g/mol. The van der Waals surface area contributed by atoms with E-state index in [1.165, 1.54) is 0 Å². The van der Waals surface area contributed by atoms with Gasteiger partial charge in [-0.3, -0.25) is 10.2 Å². The molecule has 1 fully saturated rings. The van der Waals surface area contributed by atoms with Crippen LogP contribution in [0.3, 0.4) is 0 Å². The Kier molecular flexibility index (Phi) is 5.28. The van der Waals surface area contributed by atoms with Gasteiger partial charge in [0.2, 0.25) is 5.91 Å². The lowest BCUT2D eigenvalue weighted by molar-refractivity contribution is -0.117. The number of benzene rings is 1. The average Bonchev–Trinajstić information content (AvgIpc) is 2.85. The van der Waals surface area contributed by atoms with Crippen molar-refractivity contribution in [2.24, 2.45) is 0 Å². The smallest absolute Gasteiger partial charge is 0.242 e. The second-order valence-corrected chi connectivity index (χ2v) is 5.88. The molecule has 1 amide bonds. The van der Waals surface area contributed by atoms with Gasteiger partial charge in [0.25, 0.3) is 0 Å². The highest BCUT2D eigenvalue weighted by atomic mass is 127. The molecule has 1 aromatic rings. The zero-order valence-corrected chi connectivity index (χ0v) is 13.1. The summed E-state index contributed by atoms with van der Waals surface area (Å²) in [4.78, 5) is 12.0. The van der Waals surface area contributed by atoms with E-state index in [9.17, 15) is 13.6 Å². The van der Waals surface area contributed by atoms with Gasteiger partial charge >= 0.3 is 0 Å². The SMILES string of the molecule is CCCC1CC(C(=O)Nc2cc(F)c(I)c(F)c2)NN1. The first-order valence-electron chi connectivity index (χ1n) is 6.47. The van der Waals surface area contributed by atoms with Crippen molar-refractivity contribution in [3.63, 3.8) is 0 Å². The number of hydrogen-bond donors (Lipinski definition) is 3. The van der Waals surface area contributed by atoms with Gasteiger partial charge in [-0.1, -0.05) is 13.3 Å². The summed E-state index contributed by atoms with van der Waals surface area (Å²) in [7, 11) is 0. The van der Waals surface area contributed by atoms with Crippen LogP contribution in [-0.2, 0) is 4.79 Å². The Labute approximate surface area is 129 Å². The van der Waals surface area contributed by atoms with Gasteiger partial charge in [-0.2, -0.15) is 0 Å². The molecule has 110 valence electrons. The Bertz CT molecular complexity index is 489. The number of nitrogens with one attached hydrogen (secondary N) is 3. The normalized spacial score (nSPS) is 22.0. The standard InChI is InChI=1S/C13H16F2IN3O/c1-2-3-7-6-11(19-18-7)13(20)17-8-4-9(14)12(16)10(15)5-8/h4-5,7,11,18-19H,2-3,6H2,1H3,(H,17,20). The fraction of sp³-hybridized carbons (Fsp3) is 0.462. The molecule has 1 heterocycles. The van der Waals surface area contributed by atoms with Crippen LogP contribution in [0.15, 0.2) is 12.1 Å². The van der Waals surface area contributed by atoms with Crippen LogP contribution in [0.25, 0.3) is 0 Å². The lowest BCUT2D eigenvalue weighted by Crippen LogP contribution is -2.40. The third-order valence-corrected chi connectivity index (χ3v) is 4.22. The van der Waals surface area contributed by atoms with Gasteiger partial charge in [-0.15, -0.1) is 0 Å². The minimum absolute atomic E-state index is 0.0794. The molecule has 3 N–H and O–H groups in total. The van der Waals surface area contributed by atoms with Gasteiger partial charge in [-0.25, -0.2) is 14.2 Å². The molecule has 1 saturated heterocycles. The predicted octanol–water partition coefficient (Wildman–Crippen LogP) is 2.54. The van der Waals surface area contributed by atoms with E-state index in [2.05, 4.69) is 23.1 Å². The Hall–Kier alpha value is -0.800. The fourth-order valence-electron chi connectivity index (χ4n) is 2.19. The maximum atomic E-state index is 13.4. The van der Waals surface area contributed by atoms with E-state index < -0.39 is 17.7 Å². The molecule has 2 atom stereocenters. The number of hydrogen-bond acceptors (Lipinski definition) is 3. The van der Waals surface area contributed by atoms with Crippen molar-refractivity contribution in [2.75, 3.05) is 5.32 Å². The van der Waals surface area contributed by atoms with Crippen LogP contribution in [0.2, 0.25) is 0 Å². The highest BCUT2D eigenvalue weighted by molar-refractivity contribution is 14.1. The van der Waals surface area contributed by atoms with Crippen molar-refractivity contribution < 1.29 is 13.6 Å². The summed E-state index contributed by atoms with van der Waals surface area (Å²) in [5, 5.41) is 2.53. The van der Waals surface area contributed by atoms with Gasteiger partial charge in [0.05, 0.1) is 3.57 Å². The maximum Gasteiger partial charge on any atom is 0.242 e. The van der Waals surface area contributed by atoms with E-state index in [1.54, 1.807) is 22.6 Å². The van der Waals surface area contributed by atoms with E-state index in [-0.39, 0.29) is 21.2 Å². The van der Waals surface area contributed by atoms with Crippen LogP contribution in [0, 0.1) is 15.2 Å². The molecule has 2 rings (SSSR count). The Morgan fingerprint density at radius 2 is 2.05 bits per heavy atom. The number of amides is 1. The Balaban J connectivity index is 1.98. The third kappa shape index (κ3) is 3.64. The molecule has 0 radical (unpaired) electrons. The van der Waals surface area contributed by atoms with Crippen LogP contribution in [-0.4, -0.2) is 18.0 Å². The second kappa shape index (κ2) is 6.77. The average molecular weight is 395 g/mol. The highest BCUT2D eigenvalue weighted by Crippen LogP contribution is 2.21. The number of hydrazine groups is 1. The van der Waals surface area contributed by atoms with Crippen molar-refractivity contribution in [3.8, 4) is 0 Å². The molecule has 1 aliphatic rings. The van der Waals surface area contributed by atoms with E-state index in [0.717, 1.165) is 25.0 Å². The molecule has 0 aliphatic carbocycles. The molecule has 0 spiro atoms.